The van der Waals surface area contributed by atoms with Crippen LogP contribution in [-0.2, 0) is 13.6 Å². The fourth-order valence-corrected chi connectivity index (χ4v) is 3.56. The lowest BCUT2D eigenvalue weighted by Crippen LogP contribution is -2.47. The molecule has 0 aromatic carbocycles. The van der Waals surface area contributed by atoms with Gasteiger partial charge in [-0.1, -0.05) is 0 Å². The van der Waals surface area contributed by atoms with Crippen LogP contribution in [0.3, 0.4) is 0 Å². The summed E-state index contributed by atoms with van der Waals surface area (Å²) in [6.07, 6.45) is 4.68. The Morgan fingerprint density at radius 3 is 3.05 bits per heavy atom. The maximum absolute atomic E-state index is 10.3. The number of guanidine groups is 1. The summed E-state index contributed by atoms with van der Waals surface area (Å²) in [5.41, 5.74) is 0.531. The van der Waals surface area contributed by atoms with E-state index in [0.29, 0.717) is 6.54 Å². The Morgan fingerprint density at radius 1 is 1.70 bits per heavy atom. The first kappa shape index (κ1) is 15.2. The van der Waals surface area contributed by atoms with Crippen LogP contribution in [0.15, 0.2) is 17.4 Å². The fraction of sp³-hybridized carbons (Fsp3) is 0.692. The normalized spacial score (nSPS) is 23.1. The molecule has 6 nitrogen and oxygen atoms in total. The van der Waals surface area contributed by atoms with E-state index in [1.807, 2.05) is 31.4 Å². The van der Waals surface area contributed by atoms with Crippen molar-refractivity contribution >= 4 is 17.7 Å². The quantitative estimate of drug-likeness (QED) is 0.618. The number of thioether (sulfide) groups is 1. The van der Waals surface area contributed by atoms with E-state index in [4.69, 9.17) is 0 Å². The molecule has 1 fully saturated rings. The second-order valence-corrected chi connectivity index (χ2v) is 6.41. The van der Waals surface area contributed by atoms with Crippen LogP contribution in [0.25, 0.3) is 0 Å². The average molecular weight is 297 g/mol. The summed E-state index contributed by atoms with van der Waals surface area (Å²) in [7, 11) is 5.65. The second kappa shape index (κ2) is 6.49. The van der Waals surface area contributed by atoms with Crippen molar-refractivity contribution in [1.82, 2.24) is 20.0 Å². The summed E-state index contributed by atoms with van der Waals surface area (Å²) in [6.45, 7) is 1.28. The molecule has 1 aliphatic heterocycles. The van der Waals surface area contributed by atoms with Crippen molar-refractivity contribution in [2.75, 3.05) is 32.1 Å². The molecule has 0 amide bonds. The third-order valence-corrected chi connectivity index (χ3v) is 4.64. The van der Waals surface area contributed by atoms with Gasteiger partial charge in [-0.3, -0.25) is 9.67 Å². The van der Waals surface area contributed by atoms with Crippen LogP contribution in [-0.4, -0.2) is 63.5 Å². The molecule has 1 saturated heterocycles. The van der Waals surface area contributed by atoms with E-state index in [1.54, 1.807) is 23.5 Å². The van der Waals surface area contributed by atoms with E-state index < -0.39 is 5.60 Å². The fourth-order valence-electron chi connectivity index (χ4n) is 2.27. The third-order valence-electron chi connectivity index (χ3n) is 3.41. The molecule has 2 heterocycles. The van der Waals surface area contributed by atoms with Crippen LogP contribution in [0.4, 0.5) is 0 Å². The minimum absolute atomic E-state index is 0.546. The minimum atomic E-state index is -0.601. The zero-order valence-electron chi connectivity index (χ0n) is 12.3. The van der Waals surface area contributed by atoms with Crippen molar-refractivity contribution in [1.29, 1.82) is 0 Å². The Morgan fingerprint density at radius 2 is 2.50 bits per heavy atom. The summed E-state index contributed by atoms with van der Waals surface area (Å²) in [5.74, 6) is 2.62. The number of aliphatic imine (C=N–C) groups is 1. The van der Waals surface area contributed by atoms with E-state index in [9.17, 15) is 5.11 Å². The first-order chi connectivity index (χ1) is 9.52. The van der Waals surface area contributed by atoms with E-state index in [1.165, 1.54) is 0 Å². The van der Waals surface area contributed by atoms with Crippen LogP contribution < -0.4 is 5.32 Å². The molecule has 1 unspecified atom stereocenters. The van der Waals surface area contributed by atoms with E-state index in [-0.39, 0.29) is 0 Å². The van der Waals surface area contributed by atoms with Gasteiger partial charge in [0, 0.05) is 51.7 Å². The Bertz CT molecular complexity index is 467. The molecule has 1 aromatic rings. The number of rotatable bonds is 4. The van der Waals surface area contributed by atoms with E-state index in [2.05, 4.69) is 15.4 Å². The Labute approximate surface area is 124 Å². The van der Waals surface area contributed by atoms with Crippen LogP contribution in [0.5, 0.6) is 0 Å². The predicted octanol–water partition coefficient (Wildman–Crippen LogP) is 0.295. The summed E-state index contributed by atoms with van der Waals surface area (Å²) in [5, 5.41) is 17.8. The van der Waals surface area contributed by atoms with Gasteiger partial charge in [-0.25, -0.2) is 0 Å². The number of nitrogens with zero attached hydrogens (tertiary/aromatic N) is 4. The molecule has 0 radical (unpaired) electrons. The number of aliphatic hydroxyl groups is 1. The lowest BCUT2D eigenvalue weighted by Gasteiger charge is -2.26. The highest BCUT2D eigenvalue weighted by molar-refractivity contribution is 7.99. The van der Waals surface area contributed by atoms with E-state index >= 15 is 0 Å². The molecule has 1 aliphatic rings. The number of hydrogen-bond acceptors (Lipinski definition) is 4. The smallest absolute Gasteiger partial charge is 0.193 e. The molecule has 112 valence electrons. The molecular formula is C13H23N5OS. The van der Waals surface area contributed by atoms with Crippen LogP contribution >= 0.6 is 11.8 Å². The maximum Gasteiger partial charge on any atom is 0.193 e. The molecule has 7 heteroatoms. The van der Waals surface area contributed by atoms with Crippen molar-refractivity contribution in [3.63, 3.8) is 0 Å². The highest BCUT2D eigenvalue weighted by Crippen LogP contribution is 2.26. The molecule has 0 spiro atoms. The SMILES string of the molecule is CN=C(NCC1(O)CCSC1)N(C)Cc1cnn(C)c1. The summed E-state index contributed by atoms with van der Waals surface area (Å²) < 4.78 is 1.79. The number of aromatic nitrogens is 2. The highest BCUT2D eigenvalue weighted by Gasteiger charge is 2.31. The minimum Gasteiger partial charge on any atom is -0.387 e. The van der Waals surface area contributed by atoms with E-state index in [0.717, 1.165) is 36.0 Å². The maximum atomic E-state index is 10.3. The Hall–Kier alpha value is -1.21. The van der Waals surface area contributed by atoms with Gasteiger partial charge in [-0.15, -0.1) is 0 Å². The van der Waals surface area contributed by atoms with Gasteiger partial charge in [-0.2, -0.15) is 16.9 Å². The van der Waals surface area contributed by atoms with Crippen LogP contribution in [0.2, 0.25) is 0 Å². The van der Waals surface area contributed by atoms with Gasteiger partial charge in [0.15, 0.2) is 5.96 Å². The highest BCUT2D eigenvalue weighted by atomic mass is 32.2. The van der Waals surface area contributed by atoms with Crippen molar-refractivity contribution in [2.45, 2.75) is 18.6 Å². The largest absolute Gasteiger partial charge is 0.387 e. The van der Waals surface area contributed by atoms with Crippen LogP contribution in [0, 0.1) is 0 Å². The van der Waals surface area contributed by atoms with Crippen molar-refractivity contribution in [2.24, 2.45) is 12.0 Å². The van der Waals surface area contributed by atoms with Gasteiger partial charge in [0.05, 0.1) is 11.8 Å². The molecule has 0 bridgehead atoms. The lowest BCUT2D eigenvalue weighted by molar-refractivity contribution is 0.0718. The molecule has 20 heavy (non-hydrogen) atoms. The number of aryl methyl sites for hydroxylation is 1. The molecule has 0 saturated carbocycles. The molecule has 0 aliphatic carbocycles. The van der Waals surface area contributed by atoms with Gasteiger partial charge in [0.25, 0.3) is 0 Å². The van der Waals surface area contributed by atoms with Gasteiger partial charge in [-0.05, 0) is 12.2 Å². The van der Waals surface area contributed by atoms with Crippen molar-refractivity contribution < 1.29 is 5.11 Å². The number of nitrogens with one attached hydrogen (secondary N) is 1. The topological polar surface area (TPSA) is 65.7 Å². The monoisotopic (exact) mass is 297 g/mol. The lowest BCUT2D eigenvalue weighted by atomic mass is 10.0. The molecule has 2 N–H and O–H groups in total. The zero-order valence-corrected chi connectivity index (χ0v) is 13.2. The van der Waals surface area contributed by atoms with Gasteiger partial charge in [0.2, 0.25) is 0 Å². The predicted molar refractivity (Wildman–Crippen MR) is 82.9 cm³/mol. The third kappa shape index (κ3) is 3.89. The summed E-state index contributed by atoms with van der Waals surface area (Å²) in [6, 6.07) is 0. The van der Waals surface area contributed by atoms with Crippen molar-refractivity contribution in [3.05, 3.63) is 18.0 Å². The van der Waals surface area contributed by atoms with Gasteiger partial charge < -0.3 is 15.3 Å². The first-order valence-corrected chi connectivity index (χ1v) is 7.87. The molecular weight excluding hydrogens is 274 g/mol. The molecule has 1 aromatic heterocycles. The average Bonchev–Trinajstić information content (AvgIpc) is 3.00. The number of hydrogen-bond donors (Lipinski definition) is 2. The van der Waals surface area contributed by atoms with Crippen molar-refractivity contribution in [3.8, 4) is 0 Å². The Kier molecular flexibility index (Phi) is 4.93. The summed E-state index contributed by atoms with van der Waals surface area (Å²) >= 11 is 1.80. The Balaban J connectivity index is 1.87. The molecule has 2 rings (SSSR count). The van der Waals surface area contributed by atoms with Gasteiger partial charge in [0.1, 0.15) is 0 Å². The summed E-state index contributed by atoms with van der Waals surface area (Å²) in [4.78, 5) is 6.30. The zero-order chi connectivity index (χ0) is 14.6. The van der Waals surface area contributed by atoms with Gasteiger partial charge >= 0.3 is 0 Å². The standard InChI is InChI=1S/C13H23N5OS/c1-14-12(15-9-13(19)4-5-20-10-13)17(2)7-11-6-16-18(3)8-11/h6,8,19H,4-5,7,9-10H2,1-3H3,(H,14,15). The molecule has 1 atom stereocenters. The first-order valence-electron chi connectivity index (χ1n) is 6.72. The second-order valence-electron chi connectivity index (χ2n) is 5.31. The van der Waals surface area contributed by atoms with Crippen LogP contribution in [0.1, 0.15) is 12.0 Å².